The maximum atomic E-state index is 10.6. The van der Waals surface area contributed by atoms with Gasteiger partial charge in [0.2, 0.25) is 5.88 Å². The van der Waals surface area contributed by atoms with E-state index < -0.39 is 4.92 Å². The van der Waals surface area contributed by atoms with Crippen molar-refractivity contribution in [1.29, 1.82) is 0 Å². The zero-order chi connectivity index (χ0) is 15.2. The molecular weight excluding hydrogens is 272 g/mol. The van der Waals surface area contributed by atoms with Crippen molar-refractivity contribution >= 4 is 11.5 Å². The Bertz CT molecular complexity index is 629. The Kier molecular flexibility index (Phi) is 4.65. The highest BCUT2D eigenvalue weighted by Gasteiger charge is 2.12. The van der Waals surface area contributed by atoms with E-state index in [4.69, 9.17) is 4.74 Å². The quantitative estimate of drug-likeness (QED) is 0.648. The predicted molar refractivity (Wildman–Crippen MR) is 78.7 cm³/mol. The molecule has 0 unspecified atom stereocenters. The summed E-state index contributed by atoms with van der Waals surface area (Å²) in [4.78, 5) is 18.5. The number of hydrogen-bond acceptors (Lipinski definition) is 6. The molecular formula is C14H16N4O3. The van der Waals surface area contributed by atoms with Gasteiger partial charge in [0.15, 0.2) is 0 Å². The third kappa shape index (κ3) is 3.44. The van der Waals surface area contributed by atoms with Crippen molar-refractivity contribution in [3.63, 3.8) is 0 Å². The molecule has 0 atom stereocenters. The lowest BCUT2D eigenvalue weighted by Crippen LogP contribution is -2.03. The Morgan fingerprint density at radius 1 is 1.29 bits per heavy atom. The lowest BCUT2D eigenvalue weighted by molar-refractivity contribution is -0.384. The van der Waals surface area contributed by atoms with Crippen LogP contribution in [0.5, 0.6) is 11.6 Å². The number of hydrogen-bond donors (Lipinski definition) is 1. The monoisotopic (exact) mass is 288 g/mol. The summed E-state index contributed by atoms with van der Waals surface area (Å²) in [6, 6.07) is 5.90. The van der Waals surface area contributed by atoms with Gasteiger partial charge < -0.3 is 10.1 Å². The number of ether oxygens (including phenoxy) is 1. The van der Waals surface area contributed by atoms with Crippen LogP contribution in [0.3, 0.4) is 0 Å². The Balaban J connectivity index is 2.28. The molecule has 2 rings (SSSR count). The summed E-state index contributed by atoms with van der Waals surface area (Å²) < 4.78 is 5.73. The minimum atomic E-state index is -0.448. The van der Waals surface area contributed by atoms with Crippen LogP contribution in [-0.2, 0) is 6.42 Å². The molecule has 2 aromatic rings. The maximum Gasteiger partial charge on any atom is 0.269 e. The number of rotatable bonds is 6. The molecule has 7 heteroatoms. The summed E-state index contributed by atoms with van der Waals surface area (Å²) in [7, 11) is 1.79. The van der Waals surface area contributed by atoms with Gasteiger partial charge >= 0.3 is 0 Å². The van der Waals surface area contributed by atoms with Crippen molar-refractivity contribution in [2.24, 2.45) is 0 Å². The molecule has 0 aliphatic heterocycles. The van der Waals surface area contributed by atoms with Crippen LogP contribution in [0.4, 0.5) is 11.5 Å². The van der Waals surface area contributed by atoms with E-state index in [2.05, 4.69) is 22.2 Å². The second-order valence-corrected chi connectivity index (χ2v) is 4.36. The lowest BCUT2D eigenvalue weighted by atomic mass is 10.1. The largest absolute Gasteiger partial charge is 0.439 e. The van der Waals surface area contributed by atoms with Gasteiger partial charge in [-0.1, -0.05) is 13.3 Å². The number of nitro benzene ring substituents is 1. The first-order chi connectivity index (χ1) is 10.2. The van der Waals surface area contributed by atoms with Crippen molar-refractivity contribution in [1.82, 2.24) is 9.97 Å². The lowest BCUT2D eigenvalue weighted by Gasteiger charge is -2.12. The van der Waals surface area contributed by atoms with E-state index in [1.54, 1.807) is 19.2 Å². The first-order valence-corrected chi connectivity index (χ1v) is 6.59. The van der Waals surface area contributed by atoms with E-state index in [0.29, 0.717) is 11.6 Å². The second kappa shape index (κ2) is 6.65. The van der Waals surface area contributed by atoms with Crippen molar-refractivity contribution in [3.8, 4) is 11.6 Å². The predicted octanol–water partition coefficient (Wildman–Crippen LogP) is 3.17. The fourth-order valence-electron chi connectivity index (χ4n) is 1.92. The summed E-state index contributed by atoms with van der Waals surface area (Å²) in [5, 5.41) is 13.6. The van der Waals surface area contributed by atoms with E-state index >= 15 is 0 Å². The number of non-ortho nitro benzene ring substituents is 1. The molecule has 0 saturated heterocycles. The second-order valence-electron chi connectivity index (χ2n) is 4.36. The van der Waals surface area contributed by atoms with Gasteiger partial charge in [0.05, 0.1) is 10.5 Å². The Labute approximate surface area is 122 Å². The van der Waals surface area contributed by atoms with Gasteiger partial charge in [0.1, 0.15) is 17.9 Å². The van der Waals surface area contributed by atoms with Gasteiger partial charge in [-0.2, -0.15) is 0 Å². The minimum absolute atomic E-state index is 0.0229. The molecule has 0 bridgehead atoms. The van der Waals surface area contributed by atoms with E-state index in [9.17, 15) is 10.1 Å². The van der Waals surface area contributed by atoms with E-state index in [1.807, 2.05) is 0 Å². The third-order valence-electron chi connectivity index (χ3n) is 2.90. The van der Waals surface area contributed by atoms with Crippen LogP contribution >= 0.6 is 0 Å². The van der Waals surface area contributed by atoms with Gasteiger partial charge in [-0.05, 0) is 18.6 Å². The summed E-state index contributed by atoms with van der Waals surface area (Å²) in [5.41, 5.74) is 0.913. The smallest absolute Gasteiger partial charge is 0.269 e. The SMILES string of the molecule is CCCc1c(NC)ncnc1Oc1ccc([N+](=O)[O-])cc1. The van der Waals surface area contributed by atoms with E-state index in [1.165, 1.54) is 18.5 Å². The molecule has 1 heterocycles. The highest BCUT2D eigenvalue weighted by Crippen LogP contribution is 2.28. The topological polar surface area (TPSA) is 90.2 Å². The normalized spacial score (nSPS) is 10.2. The molecule has 0 saturated carbocycles. The molecule has 1 aromatic carbocycles. The summed E-state index contributed by atoms with van der Waals surface area (Å²) in [6.07, 6.45) is 3.13. The molecule has 0 spiro atoms. The summed E-state index contributed by atoms with van der Waals surface area (Å²) in [6.45, 7) is 2.06. The molecule has 1 aromatic heterocycles. The van der Waals surface area contributed by atoms with Crippen LogP contribution in [0.2, 0.25) is 0 Å². The van der Waals surface area contributed by atoms with Gasteiger partial charge in [-0.15, -0.1) is 0 Å². The van der Waals surface area contributed by atoms with Crippen molar-refractivity contribution < 1.29 is 9.66 Å². The minimum Gasteiger partial charge on any atom is -0.439 e. The first-order valence-electron chi connectivity index (χ1n) is 6.59. The van der Waals surface area contributed by atoms with E-state index in [-0.39, 0.29) is 5.69 Å². The molecule has 7 nitrogen and oxygen atoms in total. The fourth-order valence-corrected chi connectivity index (χ4v) is 1.92. The summed E-state index contributed by atoms with van der Waals surface area (Å²) in [5.74, 6) is 1.69. The molecule has 0 amide bonds. The van der Waals surface area contributed by atoms with E-state index in [0.717, 1.165) is 24.2 Å². The molecule has 0 aliphatic carbocycles. The van der Waals surface area contributed by atoms with Crippen LogP contribution in [0.1, 0.15) is 18.9 Å². The Hall–Kier alpha value is -2.70. The summed E-state index contributed by atoms with van der Waals surface area (Å²) >= 11 is 0. The van der Waals surface area contributed by atoms with Crippen LogP contribution in [-0.4, -0.2) is 21.9 Å². The van der Waals surface area contributed by atoms with Gasteiger partial charge in [-0.3, -0.25) is 10.1 Å². The standard InChI is InChI=1S/C14H16N4O3/c1-3-4-12-13(15-2)16-9-17-14(12)21-11-7-5-10(6-8-11)18(19)20/h5-9H,3-4H2,1-2H3,(H,15,16,17). The zero-order valence-corrected chi connectivity index (χ0v) is 11.9. The van der Waals surface area contributed by atoms with Gasteiger partial charge in [0.25, 0.3) is 5.69 Å². The fraction of sp³-hybridized carbons (Fsp3) is 0.286. The highest BCUT2D eigenvalue weighted by molar-refractivity contribution is 5.49. The molecule has 0 aliphatic rings. The number of aromatic nitrogens is 2. The average molecular weight is 288 g/mol. The number of anilines is 1. The molecule has 0 radical (unpaired) electrons. The maximum absolute atomic E-state index is 10.6. The van der Waals surface area contributed by atoms with Crippen LogP contribution in [0.25, 0.3) is 0 Å². The molecule has 1 N–H and O–H groups in total. The first kappa shape index (κ1) is 14.7. The molecule has 110 valence electrons. The molecule has 0 fully saturated rings. The van der Waals surface area contributed by atoms with Gasteiger partial charge in [-0.25, -0.2) is 9.97 Å². The van der Waals surface area contributed by atoms with Gasteiger partial charge in [0, 0.05) is 19.2 Å². The van der Waals surface area contributed by atoms with Crippen LogP contribution in [0.15, 0.2) is 30.6 Å². The zero-order valence-electron chi connectivity index (χ0n) is 11.9. The van der Waals surface area contributed by atoms with Crippen molar-refractivity contribution in [3.05, 3.63) is 46.3 Å². The Morgan fingerprint density at radius 3 is 2.57 bits per heavy atom. The number of nitrogens with zero attached hydrogens (tertiary/aromatic N) is 3. The van der Waals surface area contributed by atoms with Crippen molar-refractivity contribution in [2.75, 3.05) is 12.4 Å². The molecule has 21 heavy (non-hydrogen) atoms. The number of benzene rings is 1. The highest BCUT2D eigenvalue weighted by atomic mass is 16.6. The third-order valence-corrected chi connectivity index (χ3v) is 2.90. The van der Waals surface area contributed by atoms with Crippen LogP contribution in [0, 0.1) is 10.1 Å². The Morgan fingerprint density at radius 2 is 2.00 bits per heavy atom. The number of nitro groups is 1. The van der Waals surface area contributed by atoms with Crippen molar-refractivity contribution in [2.45, 2.75) is 19.8 Å². The number of nitrogens with one attached hydrogen (secondary N) is 1. The van der Waals surface area contributed by atoms with Crippen LogP contribution < -0.4 is 10.1 Å². The average Bonchev–Trinajstić information content (AvgIpc) is 2.49.